The second-order valence-corrected chi connectivity index (χ2v) is 8.86. The standard InChI is InChI=1S/C34H24N2O8/c1-41-31-19-25(11-5-23-7-15-29(16-8-23)35(37)38)27(21-33(31)43-3)13-14-28-22-34(44-4)32(42-2)20-26(28)12-6-24-9-17-30(18-10-24)36(39)40/h7-10,15-22H,1-4H3. The van der Waals surface area contributed by atoms with Gasteiger partial charge in [0.2, 0.25) is 0 Å². The predicted octanol–water partition coefficient (Wildman–Crippen LogP) is 5.74. The van der Waals surface area contributed by atoms with Crippen molar-refractivity contribution in [2.24, 2.45) is 0 Å². The first-order valence-corrected chi connectivity index (χ1v) is 12.8. The van der Waals surface area contributed by atoms with Gasteiger partial charge in [0, 0.05) is 81.9 Å². The molecule has 0 saturated heterocycles. The Morgan fingerprint density at radius 1 is 0.455 bits per heavy atom. The van der Waals surface area contributed by atoms with Crippen molar-refractivity contribution in [2.45, 2.75) is 0 Å². The summed E-state index contributed by atoms with van der Waals surface area (Å²) in [5.41, 5.74) is 3.22. The number of ether oxygens (including phenoxy) is 4. The van der Waals surface area contributed by atoms with E-state index in [1.54, 1.807) is 48.5 Å². The number of nitro benzene ring substituents is 2. The molecule has 0 atom stereocenters. The molecule has 0 aliphatic carbocycles. The average Bonchev–Trinajstić information content (AvgIpc) is 3.05. The average molecular weight is 589 g/mol. The fourth-order valence-electron chi connectivity index (χ4n) is 3.92. The summed E-state index contributed by atoms with van der Waals surface area (Å²) in [5.74, 6) is 20.3. The molecule has 0 amide bonds. The molecule has 4 aromatic carbocycles. The van der Waals surface area contributed by atoms with E-state index in [2.05, 4.69) is 35.5 Å². The Morgan fingerprint density at radius 3 is 0.932 bits per heavy atom. The van der Waals surface area contributed by atoms with Gasteiger partial charge < -0.3 is 18.9 Å². The third kappa shape index (κ3) is 7.25. The first kappa shape index (κ1) is 30.5. The third-order valence-electron chi connectivity index (χ3n) is 6.22. The van der Waals surface area contributed by atoms with E-state index in [-0.39, 0.29) is 11.4 Å². The molecule has 0 unspecified atom stereocenters. The first-order chi connectivity index (χ1) is 21.3. The minimum Gasteiger partial charge on any atom is -0.493 e. The molecule has 10 nitrogen and oxygen atoms in total. The van der Waals surface area contributed by atoms with E-state index < -0.39 is 9.85 Å². The van der Waals surface area contributed by atoms with Gasteiger partial charge >= 0.3 is 0 Å². The predicted molar refractivity (Wildman–Crippen MR) is 163 cm³/mol. The number of nitro groups is 2. The molecule has 218 valence electrons. The van der Waals surface area contributed by atoms with Crippen molar-refractivity contribution in [3.05, 3.63) is 126 Å². The van der Waals surface area contributed by atoms with Crippen LogP contribution >= 0.6 is 0 Å². The number of methoxy groups -OCH3 is 4. The normalized spacial score (nSPS) is 9.64. The summed E-state index contributed by atoms with van der Waals surface area (Å²) in [4.78, 5) is 21.0. The van der Waals surface area contributed by atoms with Gasteiger partial charge in [0.05, 0.1) is 38.3 Å². The lowest BCUT2D eigenvalue weighted by molar-refractivity contribution is -0.385. The fourth-order valence-corrected chi connectivity index (χ4v) is 3.92. The zero-order valence-corrected chi connectivity index (χ0v) is 24.1. The second kappa shape index (κ2) is 14.0. The highest BCUT2D eigenvalue weighted by atomic mass is 16.6. The van der Waals surface area contributed by atoms with Gasteiger partial charge in [-0.15, -0.1) is 0 Å². The molecule has 10 heteroatoms. The van der Waals surface area contributed by atoms with E-state index in [0.717, 1.165) is 0 Å². The van der Waals surface area contributed by atoms with Crippen LogP contribution in [0.2, 0.25) is 0 Å². The van der Waals surface area contributed by atoms with E-state index in [9.17, 15) is 20.2 Å². The van der Waals surface area contributed by atoms with Crippen LogP contribution in [-0.2, 0) is 0 Å². The zero-order valence-electron chi connectivity index (χ0n) is 24.1. The summed E-state index contributed by atoms with van der Waals surface area (Å²) in [5, 5.41) is 22.0. The molecule has 0 fully saturated rings. The van der Waals surface area contributed by atoms with Crippen molar-refractivity contribution < 1.29 is 28.8 Å². The maximum Gasteiger partial charge on any atom is 0.269 e. The lowest BCUT2D eigenvalue weighted by Gasteiger charge is -2.10. The van der Waals surface area contributed by atoms with Crippen LogP contribution in [0.15, 0.2) is 72.8 Å². The summed E-state index contributed by atoms with van der Waals surface area (Å²) in [6, 6.07) is 18.6. The lowest BCUT2D eigenvalue weighted by atomic mass is 10.0. The Bertz CT molecular complexity index is 1780. The van der Waals surface area contributed by atoms with Crippen molar-refractivity contribution in [3.8, 4) is 58.5 Å². The van der Waals surface area contributed by atoms with E-state index >= 15 is 0 Å². The number of benzene rings is 4. The maximum absolute atomic E-state index is 11.0. The van der Waals surface area contributed by atoms with E-state index in [1.807, 2.05) is 0 Å². The quantitative estimate of drug-likeness (QED) is 0.159. The number of non-ortho nitro benzene ring substituents is 2. The Hall–Kier alpha value is -6.44. The SMILES string of the molecule is COc1cc(C#Cc2ccc([N+](=O)[O-])cc2)c(C#Cc2cc(OC)c(OC)cc2C#Cc2ccc([N+](=O)[O-])cc2)cc1OC. The van der Waals surface area contributed by atoms with E-state index in [4.69, 9.17) is 18.9 Å². The van der Waals surface area contributed by atoms with Gasteiger partial charge in [0.25, 0.3) is 11.4 Å². The minimum absolute atomic E-state index is 0.0318. The summed E-state index contributed by atoms with van der Waals surface area (Å²) in [6.07, 6.45) is 0. The number of hydrogen-bond acceptors (Lipinski definition) is 8. The highest BCUT2D eigenvalue weighted by Gasteiger charge is 2.12. The van der Waals surface area contributed by atoms with Gasteiger partial charge in [-0.05, 0) is 24.3 Å². The van der Waals surface area contributed by atoms with Gasteiger partial charge in [-0.3, -0.25) is 20.2 Å². The molecule has 4 aromatic rings. The molecule has 44 heavy (non-hydrogen) atoms. The molecule has 0 aromatic heterocycles. The van der Waals surface area contributed by atoms with Crippen LogP contribution in [0.25, 0.3) is 0 Å². The van der Waals surface area contributed by atoms with E-state index in [1.165, 1.54) is 52.7 Å². The van der Waals surface area contributed by atoms with Gasteiger partial charge in [-0.25, -0.2) is 0 Å². The molecule has 4 rings (SSSR count). The van der Waals surface area contributed by atoms with Gasteiger partial charge in [-0.1, -0.05) is 35.5 Å². The van der Waals surface area contributed by atoms with Crippen LogP contribution in [0.1, 0.15) is 33.4 Å². The molecule has 0 bridgehead atoms. The second-order valence-electron chi connectivity index (χ2n) is 8.86. The molecule has 0 saturated carbocycles. The molecule has 0 heterocycles. The van der Waals surface area contributed by atoms with Gasteiger partial charge in [0.1, 0.15) is 0 Å². The Morgan fingerprint density at radius 2 is 0.705 bits per heavy atom. The lowest BCUT2D eigenvalue weighted by Crippen LogP contribution is -1.96. The van der Waals surface area contributed by atoms with Gasteiger partial charge in [-0.2, -0.15) is 0 Å². The highest BCUT2D eigenvalue weighted by molar-refractivity contribution is 5.64. The molecule has 0 radical (unpaired) electrons. The number of rotatable bonds is 6. The van der Waals surface area contributed by atoms with Crippen LogP contribution < -0.4 is 18.9 Å². The van der Waals surface area contributed by atoms with E-state index in [0.29, 0.717) is 56.4 Å². The largest absolute Gasteiger partial charge is 0.493 e. The molecular formula is C34H24N2O8. The van der Waals surface area contributed by atoms with Crippen molar-refractivity contribution in [1.29, 1.82) is 0 Å². The van der Waals surface area contributed by atoms with Crippen LogP contribution in [-0.4, -0.2) is 38.3 Å². The highest BCUT2D eigenvalue weighted by Crippen LogP contribution is 2.32. The van der Waals surface area contributed by atoms with Crippen LogP contribution in [0.5, 0.6) is 23.0 Å². The molecule has 0 spiro atoms. The summed E-state index contributed by atoms with van der Waals surface area (Å²) >= 11 is 0. The van der Waals surface area contributed by atoms with Gasteiger partial charge in [0.15, 0.2) is 23.0 Å². The number of hydrogen-bond donors (Lipinski definition) is 0. The number of nitrogens with zero attached hydrogens (tertiary/aromatic N) is 2. The molecule has 0 N–H and O–H groups in total. The maximum atomic E-state index is 11.0. The Labute approximate surface area is 253 Å². The molecule has 0 aliphatic heterocycles. The Balaban J connectivity index is 1.81. The molecule has 0 aliphatic rings. The van der Waals surface area contributed by atoms with Crippen LogP contribution in [0.3, 0.4) is 0 Å². The minimum atomic E-state index is -0.474. The van der Waals surface area contributed by atoms with Crippen LogP contribution in [0, 0.1) is 55.8 Å². The smallest absolute Gasteiger partial charge is 0.269 e. The zero-order chi connectivity index (χ0) is 31.6. The topological polar surface area (TPSA) is 123 Å². The first-order valence-electron chi connectivity index (χ1n) is 12.8. The van der Waals surface area contributed by atoms with Crippen molar-refractivity contribution >= 4 is 11.4 Å². The fraction of sp³-hybridized carbons (Fsp3) is 0.118. The van der Waals surface area contributed by atoms with Crippen molar-refractivity contribution in [3.63, 3.8) is 0 Å². The van der Waals surface area contributed by atoms with Crippen molar-refractivity contribution in [2.75, 3.05) is 28.4 Å². The Kier molecular flexibility index (Phi) is 9.68. The summed E-state index contributed by atoms with van der Waals surface area (Å²) in [6.45, 7) is 0. The van der Waals surface area contributed by atoms with Crippen molar-refractivity contribution in [1.82, 2.24) is 0 Å². The molecular weight excluding hydrogens is 564 g/mol. The van der Waals surface area contributed by atoms with Crippen LogP contribution in [0.4, 0.5) is 11.4 Å². The summed E-state index contributed by atoms with van der Waals surface area (Å²) < 4.78 is 21.9. The monoisotopic (exact) mass is 588 g/mol. The third-order valence-corrected chi connectivity index (χ3v) is 6.22. The summed E-state index contributed by atoms with van der Waals surface area (Å²) in [7, 11) is 6.04.